The van der Waals surface area contributed by atoms with Crippen molar-refractivity contribution < 1.29 is 14.0 Å². The highest BCUT2D eigenvalue weighted by Gasteiger charge is 2.13. The summed E-state index contributed by atoms with van der Waals surface area (Å²) in [5.41, 5.74) is 2.76. The first kappa shape index (κ1) is 17.1. The lowest BCUT2D eigenvalue weighted by atomic mass is 10.1. The van der Waals surface area contributed by atoms with Gasteiger partial charge in [-0.2, -0.15) is 0 Å². The van der Waals surface area contributed by atoms with E-state index in [9.17, 15) is 14.0 Å². The molecule has 4 nitrogen and oxygen atoms in total. The molecule has 120 valence electrons. The van der Waals surface area contributed by atoms with Crippen LogP contribution in [0.3, 0.4) is 0 Å². The van der Waals surface area contributed by atoms with Gasteiger partial charge in [-0.05, 0) is 59.1 Å². The number of anilines is 1. The van der Waals surface area contributed by atoms with E-state index in [1.807, 2.05) is 32.0 Å². The van der Waals surface area contributed by atoms with Crippen molar-refractivity contribution in [1.29, 1.82) is 0 Å². The highest BCUT2D eigenvalue weighted by molar-refractivity contribution is 9.10. The molecule has 0 bridgehead atoms. The number of para-hydroxylation sites is 1. The Morgan fingerprint density at radius 3 is 2.43 bits per heavy atom. The molecule has 23 heavy (non-hydrogen) atoms. The van der Waals surface area contributed by atoms with Gasteiger partial charge in [0.2, 0.25) is 5.91 Å². The molecule has 0 fully saturated rings. The van der Waals surface area contributed by atoms with Crippen molar-refractivity contribution in [3.8, 4) is 0 Å². The van der Waals surface area contributed by atoms with Crippen molar-refractivity contribution in [2.45, 2.75) is 13.8 Å². The summed E-state index contributed by atoms with van der Waals surface area (Å²) < 4.78 is 13.7. The number of hydrogen-bond donors (Lipinski definition) is 2. The minimum absolute atomic E-state index is 0.143. The van der Waals surface area contributed by atoms with E-state index < -0.39 is 11.7 Å². The number of halogens is 2. The van der Waals surface area contributed by atoms with E-state index in [0.717, 1.165) is 22.9 Å². The Balaban J connectivity index is 1.99. The Hall–Kier alpha value is -2.21. The zero-order chi connectivity index (χ0) is 17.0. The molecule has 0 radical (unpaired) electrons. The van der Waals surface area contributed by atoms with E-state index in [4.69, 9.17) is 0 Å². The number of hydrogen-bond acceptors (Lipinski definition) is 2. The SMILES string of the molecule is Cc1cccc(C)c1NC(=O)CNC(=O)c1cc(F)ccc1Br. The molecule has 0 spiro atoms. The van der Waals surface area contributed by atoms with Gasteiger partial charge in [-0.3, -0.25) is 9.59 Å². The van der Waals surface area contributed by atoms with Gasteiger partial charge in [-0.25, -0.2) is 4.39 Å². The normalized spacial score (nSPS) is 10.3. The van der Waals surface area contributed by atoms with Crippen molar-refractivity contribution in [3.63, 3.8) is 0 Å². The van der Waals surface area contributed by atoms with Crippen LogP contribution in [0.4, 0.5) is 10.1 Å². The first-order chi connectivity index (χ1) is 10.9. The van der Waals surface area contributed by atoms with Crippen LogP contribution in [-0.4, -0.2) is 18.4 Å². The fourth-order valence-corrected chi connectivity index (χ4v) is 2.55. The maximum Gasteiger partial charge on any atom is 0.252 e. The molecule has 0 saturated heterocycles. The van der Waals surface area contributed by atoms with E-state index in [1.54, 1.807) is 0 Å². The van der Waals surface area contributed by atoms with Crippen molar-refractivity contribution in [1.82, 2.24) is 5.32 Å². The van der Waals surface area contributed by atoms with Crippen molar-refractivity contribution in [2.24, 2.45) is 0 Å². The van der Waals surface area contributed by atoms with Gasteiger partial charge >= 0.3 is 0 Å². The van der Waals surface area contributed by atoms with Gasteiger partial charge in [0.1, 0.15) is 5.82 Å². The topological polar surface area (TPSA) is 58.2 Å². The third kappa shape index (κ3) is 4.39. The number of amides is 2. The fraction of sp³-hybridized carbons (Fsp3) is 0.176. The zero-order valence-electron chi connectivity index (χ0n) is 12.7. The molecule has 0 aliphatic carbocycles. The lowest BCUT2D eigenvalue weighted by Gasteiger charge is -2.12. The predicted molar refractivity (Wildman–Crippen MR) is 91.0 cm³/mol. The molecular weight excluding hydrogens is 363 g/mol. The van der Waals surface area contributed by atoms with E-state index in [2.05, 4.69) is 26.6 Å². The Bertz CT molecular complexity index is 742. The second kappa shape index (κ2) is 7.37. The van der Waals surface area contributed by atoms with Crippen LogP contribution in [0, 0.1) is 19.7 Å². The fourth-order valence-electron chi connectivity index (χ4n) is 2.12. The van der Waals surface area contributed by atoms with Gasteiger partial charge in [-0.15, -0.1) is 0 Å². The molecule has 0 unspecified atom stereocenters. The quantitative estimate of drug-likeness (QED) is 0.854. The third-order valence-corrected chi connectivity index (χ3v) is 4.02. The zero-order valence-corrected chi connectivity index (χ0v) is 14.3. The summed E-state index contributed by atoms with van der Waals surface area (Å²) in [5, 5.41) is 5.25. The maximum atomic E-state index is 13.2. The average Bonchev–Trinajstić information content (AvgIpc) is 2.51. The number of rotatable bonds is 4. The second-order valence-electron chi connectivity index (χ2n) is 5.12. The highest BCUT2D eigenvalue weighted by Crippen LogP contribution is 2.19. The number of carbonyl (C=O) groups is 2. The summed E-state index contributed by atoms with van der Waals surface area (Å²) in [5.74, 6) is -1.38. The van der Waals surface area contributed by atoms with Crippen LogP contribution in [0.2, 0.25) is 0 Å². The average molecular weight is 379 g/mol. The summed E-state index contributed by atoms with van der Waals surface area (Å²) in [7, 11) is 0. The van der Waals surface area contributed by atoms with Crippen molar-refractivity contribution >= 4 is 33.4 Å². The molecule has 0 heterocycles. The lowest BCUT2D eigenvalue weighted by molar-refractivity contribution is -0.115. The van der Waals surface area contributed by atoms with E-state index in [1.165, 1.54) is 12.1 Å². The molecule has 0 aliphatic rings. The molecule has 2 N–H and O–H groups in total. The number of carbonyl (C=O) groups excluding carboxylic acids is 2. The molecule has 0 aromatic heterocycles. The van der Waals surface area contributed by atoms with Crippen LogP contribution in [0.15, 0.2) is 40.9 Å². The standard InChI is InChI=1S/C17H16BrFN2O2/c1-10-4-3-5-11(2)16(10)21-15(22)9-20-17(23)13-8-12(19)6-7-14(13)18/h3-8H,9H2,1-2H3,(H,20,23)(H,21,22). The number of nitrogens with one attached hydrogen (secondary N) is 2. The number of benzene rings is 2. The minimum atomic E-state index is -0.520. The third-order valence-electron chi connectivity index (χ3n) is 3.33. The first-order valence-corrected chi connectivity index (χ1v) is 7.77. The van der Waals surface area contributed by atoms with Crippen LogP contribution in [0.25, 0.3) is 0 Å². The van der Waals surface area contributed by atoms with Crippen LogP contribution >= 0.6 is 15.9 Å². The van der Waals surface area contributed by atoms with Crippen molar-refractivity contribution in [3.05, 3.63) is 63.4 Å². The lowest BCUT2D eigenvalue weighted by Crippen LogP contribution is -2.33. The summed E-state index contributed by atoms with van der Waals surface area (Å²) in [6, 6.07) is 9.50. The molecule has 2 aromatic rings. The Morgan fingerprint density at radius 1 is 1.13 bits per heavy atom. The summed E-state index contributed by atoms with van der Waals surface area (Å²) in [4.78, 5) is 24.0. The summed E-state index contributed by atoms with van der Waals surface area (Å²) in [6.07, 6.45) is 0. The van der Waals surface area contributed by atoms with E-state index in [0.29, 0.717) is 4.47 Å². The monoisotopic (exact) mass is 378 g/mol. The van der Waals surface area contributed by atoms with E-state index in [-0.39, 0.29) is 18.0 Å². The van der Waals surface area contributed by atoms with Gasteiger partial charge < -0.3 is 10.6 Å². The van der Waals surface area contributed by atoms with Crippen LogP contribution in [0.1, 0.15) is 21.5 Å². The summed E-state index contributed by atoms with van der Waals surface area (Å²) in [6.45, 7) is 3.59. The molecule has 2 aromatic carbocycles. The molecule has 0 aliphatic heterocycles. The smallest absolute Gasteiger partial charge is 0.252 e. The van der Waals surface area contributed by atoms with Gasteiger partial charge in [-0.1, -0.05) is 18.2 Å². The van der Waals surface area contributed by atoms with Crippen molar-refractivity contribution in [2.75, 3.05) is 11.9 Å². The second-order valence-corrected chi connectivity index (χ2v) is 5.98. The first-order valence-electron chi connectivity index (χ1n) is 6.98. The van der Waals surface area contributed by atoms with E-state index >= 15 is 0 Å². The Labute approximate surface area is 142 Å². The largest absolute Gasteiger partial charge is 0.343 e. The summed E-state index contributed by atoms with van der Waals surface area (Å²) >= 11 is 3.18. The molecular formula is C17H16BrFN2O2. The van der Waals surface area contributed by atoms with Crippen LogP contribution in [0.5, 0.6) is 0 Å². The molecule has 0 saturated carbocycles. The molecule has 6 heteroatoms. The Kier molecular flexibility index (Phi) is 5.50. The Morgan fingerprint density at radius 2 is 1.78 bits per heavy atom. The van der Waals surface area contributed by atoms with Gasteiger partial charge in [0.15, 0.2) is 0 Å². The minimum Gasteiger partial charge on any atom is -0.343 e. The number of aryl methyl sites for hydroxylation is 2. The predicted octanol–water partition coefficient (Wildman–Crippen LogP) is 3.57. The molecule has 2 amide bonds. The molecule has 2 rings (SSSR count). The van der Waals surface area contributed by atoms with Crippen LogP contribution < -0.4 is 10.6 Å². The molecule has 0 atom stereocenters. The van der Waals surface area contributed by atoms with Crippen LogP contribution in [-0.2, 0) is 4.79 Å². The van der Waals surface area contributed by atoms with Gasteiger partial charge in [0.25, 0.3) is 5.91 Å². The van der Waals surface area contributed by atoms with Gasteiger partial charge in [0.05, 0.1) is 12.1 Å². The maximum absolute atomic E-state index is 13.2. The highest BCUT2D eigenvalue weighted by atomic mass is 79.9. The van der Waals surface area contributed by atoms with Gasteiger partial charge in [0, 0.05) is 10.2 Å².